The number of aryl methyl sites for hydroxylation is 2. The molecule has 0 fully saturated rings. The summed E-state index contributed by atoms with van der Waals surface area (Å²) in [5.74, 6) is 1.04. The number of carbonyl (C=O) groups is 2. The summed E-state index contributed by atoms with van der Waals surface area (Å²) >= 11 is 0. The molecule has 0 bridgehead atoms. The zero-order valence-electron chi connectivity index (χ0n) is 24.0. The van der Waals surface area contributed by atoms with E-state index >= 15 is 0 Å². The molecule has 0 amide bonds. The van der Waals surface area contributed by atoms with Gasteiger partial charge in [-0.3, -0.25) is 14.6 Å². The van der Waals surface area contributed by atoms with E-state index in [1.807, 2.05) is 83.1 Å². The normalized spacial score (nSPS) is 12.1. The first-order valence-electron chi connectivity index (χ1n) is 13.5. The van der Waals surface area contributed by atoms with Crippen LogP contribution in [0.2, 0.25) is 0 Å². The molecule has 1 aromatic heterocycles. The molecule has 0 unspecified atom stereocenters. The molecule has 4 nitrogen and oxygen atoms in total. The molecule has 40 heavy (non-hydrogen) atoms. The second-order valence-corrected chi connectivity index (χ2v) is 11.2. The summed E-state index contributed by atoms with van der Waals surface area (Å²) in [5.41, 5.74) is 7.28. The van der Waals surface area contributed by atoms with Crippen molar-refractivity contribution in [3.8, 4) is 22.5 Å². The molecule has 1 heterocycles. The van der Waals surface area contributed by atoms with Gasteiger partial charge in [0.1, 0.15) is 0 Å². The van der Waals surface area contributed by atoms with Crippen LogP contribution in [-0.2, 0) is 24.9 Å². The Kier molecular flexibility index (Phi) is 10.4. The molecule has 5 rings (SSSR count). The fourth-order valence-electron chi connectivity index (χ4n) is 5.06. The van der Waals surface area contributed by atoms with Gasteiger partial charge in [-0.1, -0.05) is 90.1 Å². The van der Waals surface area contributed by atoms with E-state index in [9.17, 15) is 14.7 Å². The van der Waals surface area contributed by atoms with Gasteiger partial charge in [0.25, 0.3) is 0 Å². The number of pyridine rings is 1. The van der Waals surface area contributed by atoms with Crippen molar-refractivity contribution in [3.05, 3.63) is 101 Å². The number of hydrogen-bond acceptors (Lipinski definition) is 4. The number of aliphatic hydroxyl groups is 1. The Bertz CT molecular complexity index is 1560. The summed E-state index contributed by atoms with van der Waals surface area (Å²) in [7, 11) is 0. The number of aliphatic hydroxyl groups excluding tert-OH is 1. The molecule has 5 heteroatoms. The summed E-state index contributed by atoms with van der Waals surface area (Å²) in [6, 6.07) is 23.4. The Balaban J connectivity index is 0.000000272. The van der Waals surface area contributed by atoms with Crippen LogP contribution in [0.15, 0.2) is 72.5 Å². The standard InChI is InChI=1S/C24H16NO.C11H20O2.Ir/c1-14-11-15(2)13-16(12-14)22-18-8-4-3-7-17(18)21-23(25-22)19-9-5-6-10-20(19)24(21)26;1-8(2)5-10(12)7-11(13)6-9(3)4;/h3-12H,1-2H3;7-9,12H,5-6H2,1-4H3;/q-1;;/b;10-7-;. The average Bonchev–Trinajstić information content (AvgIpc) is 3.14. The van der Waals surface area contributed by atoms with E-state index in [0.717, 1.165) is 50.0 Å². The average molecular weight is 711 g/mol. The van der Waals surface area contributed by atoms with Gasteiger partial charge in [0, 0.05) is 50.1 Å². The van der Waals surface area contributed by atoms with Gasteiger partial charge in [-0.05, 0) is 28.3 Å². The van der Waals surface area contributed by atoms with Crippen LogP contribution in [0.1, 0.15) is 67.6 Å². The molecule has 3 aromatic carbocycles. The minimum absolute atomic E-state index is 0. The van der Waals surface area contributed by atoms with E-state index in [-0.39, 0.29) is 37.4 Å². The summed E-state index contributed by atoms with van der Waals surface area (Å²) in [5, 5.41) is 11.3. The molecule has 1 aliphatic rings. The molecule has 209 valence electrons. The molecule has 0 atom stereocenters. The zero-order chi connectivity index (χ0) is 28.3. The second kappa shape index (κ2) is 13.3. The van der Waals surface area contributed by atoms with Crippen LogP contribution < -0.4 is 0 Å². The number of benzene rings is 3. The fraction of sp³-hybridized carbons (Fsp3) is 0.286. The van der Waals surface area contributed by atoms with Crippen LogP contribution in [0.4, 0.5) is 0 Å². The van der Waals surface area contributed by atoms with E-state index in [2.05, 4.69) is 25.1 Å². The molecule has 0 aliphatic heterocycles. The van der Waals surface area contributed by atoms with E-state index in [0.29, 0.717) is 24.7 Å². The van der Waals surface area contributed by atoms with Gasteiger partial charge in [0.2, 0.25) is 0 Å². The number of hydrogen-bond donors (Lipinski definition) is 1. The monoisotopic (exact) mass is 711 g/mol. The van der Waals surface area contributed by atoms with Gasteiger partial charge >= 0.3 is 0 Å². The molecule has 0 saturated heterocycles. The Morgan fingerprint density at radius 2 is 1.48 bits per heavy atom. The summed E-state index contributed by atoms with van der Waals surface area (Å²) < 4.78 is 0. The van der Waals surface area contributed by atoms with Crippen LogP contribution >= 0.6 is 0 Å². The third kappa shape index (κ3) is 7.02. The molecule has 1 N–H and O–H groups in total. The number of nitrogens with zero attached hydrogens (tertiary/aromatic N) is 1. The van der Waals surface area contributed by atoms with E-state index in [1.165, 1.54) is 11.6 Å². The predicted octanol–water partition coefficient (Wildman–Crippen LogP) is 8.62. The van der Waals surface area contributed by atoms with E-state index in [1.54, 1.807) is 0 Å². The van der Waals surface area contributed by atoms with Crippen molar-refractivity contribution in [2.24, 2.45) is 11.8 Å². The summed E-state index contributed by atoms with van der Waals surface area (Å²) in [4.78, 5) is 29.2. The van der Waals surface area contributed by atoms with E-state index < -0.39 is 0 Å². The van der Waals surface area contributed by atoms with Crippen molar-refractivity contribution < 1.29 is 34.8 Å². The smallest absolute Gasteiger partial charge is 0.196 e. The van der Waals surface area contributed by atoms with E-state index in [4.69, 9.17) is 4.98 Å². The van der Waals surface area contributed by atoms with Gasteiger partial charge in [-0.2, -0.15) is 0 Å². The van der Waals surface area contributed by atoms with Gasteiger partial charge in [0.15, 0.2) is 11.6 Å². The molecule has 1 radical (unpaired) electrons. The number of carbonyl (C=O) groups excluding carboxylic acids is 2. The Morgan fingerprint density at radius 3 is 2.10 bits per heavy atom. The van der Waals surface area contributed by atoms with Crippen LogP contribution in [-0.4, -0.2) is 21.7 Å². The van der Waals surface area contributed by atoms with Gasteiger partial charge in [0.05, 0.1) is 17.0 Å². The number of aromatic nitrogens is 1. The van der Waals surface area contributed by atoms with Gasteiger partial charge < -0.3 is 5.11 Å². The molecule has 0 saturated carbocycles. The van der Waals surface area contributed by atoms with Crippen LogP contribution in [0.5, 0.6) is 0 Å². The topological polar surface area (TPSA) is 67.3 Å². The third-order valence-electron chi connectivity index (χ3n) is 6.52. The van der Waals surface area contributed by atoms with Crippen molar-refractivity contribution in [2.75, 3.05) is 0 Å². The quantitative estimate of drug-likeness (QED) is 0.109. The van der Waals surface area contributed by atoms with Crippen LogP contribution in [0.25, 0.3) is 33.3 Å². The molecular formula is C35H36IrNO3-. The van der Waals surface area contributed by atoms with Gasteiger partial charge in [-0.25, -0.2) is 0 Å². The first-order chi connectivity index (χ1) is 18.5. The molecule has 4 aromatic rings. The molecule has 1 aliphatic carbocycles. The fourth-order valence-corrected chi connectivity index (χ4v) is 5.06. The van der Waals surface area contributed by atoms with Crippen LogP contribution in [0, 0.1) is 31.7 Å². The van der Waals surface area contributed by atoms with Crippen molar-refractivity contribution >= 4 is 22.3 Å². The molecular weight excluding hydrogens is 675 g/mol. The Hall–Kier alpha value is -3.40. The van der Waals surface area contributed by atoms with Crippen molar-refractivity contribution in [1.82, 2.24) is 4.98 Å². The van der Waals surface area contributed by atoms with Crippen molar-refractivity contribution in [1.29, 1.82) is 0 Å². The zero-order valence-corrected chi connectivity index (χ0v) is 26.4. The first-order valence-corrected chi connectivity index (χ1v) is 13.5. The van der Waals surface area contributed by atoms with Crippen LogP contribution in [0.3, 0.4) is 0 Å². The number of rotatable bonds is 6. The summed E-state index contributed by atoms with van der Waals surface area (Å²) in [6.07, 6.45) is 2.46. The Labute approximate surface area is 250 Å². The first kappa shape index (κ1) is 31.1. The minimum Gasteiger partial charge on any atom is -0.512 e. The number of fused-ring (bicyclic) bond motifs is 5. The second-order valence-electron chi connectivity index (χ2n) is 11.2. The number of allylic oxidation sites excluding steroid dienone is 2. The number of ketones is 2. The third-order valence-corrected chi connectivity index (χ3v) is 6.52. The maximum absolute atomic E-state index is 13.0. The Morgan fingerprint density at radius 1 is 0.875 bits per heavy atom. The summed E-state index contributed by atoms with van der Waals surface area (Å²) in [6.45, 7) is 12.1. The maximum atomic E-state index is 13.0. The largest absolute Gasteiger partial charge is 0.512 e. The van der Waals surface area contributed by atoms with Crippen molar-refractivity contribution in [2.45, 2.75) is 54.4 Å². The predicted molar refractivity (Wildman–Crippen MR) is 159 cm³/mol. The molecule has 0 spiro atoms. The SMILES string of the molecule is CC(C)CC(=O)/C=C(\O)CC(C)C.Cc1[c-]c(-c2nc3c(c4ccccc24)C(=O)c2ccccc2-3)cc(C)c1.[Ir]. The van der Waals surface area contributed by atoms with Crippen molar-refractivity contribution in [3.63, 3.8) is 0 Å². The van der Waals surface area contributed by atoms with Gasteiger partial charge in [-0.15, -0.1) is 34.9 Å². The maximum Gasteiger partial charge on any atom is 0.196 e. The minimum atomic E-state index is 0.